The topological polar surface area (TPSA) is 79.2 Å². The average Bonchev–Trinajstić information content (AvgIpc) is 2.38. The van der Waals surface area contributed by atoms with Gasteiger partial charge in [-0.1, -0.05) is 0 Å². The molecule has 8 heteroatoms. The Balaban J connectivity index is 2.28. The highest BCUT2D eigenvalue weighted by molar-refractivity contribution is 9.10. The van der Waals surface area contributed by atoms with Gasteiger partial charge in [-0.05, 0) is 22.0 Å². The summed E-state index contributed by atoms with van der Waals surface area (Å²) in [7, 11) is 2.89. The van der Waals surface area contributed by atoms with Crippen LogP contribution in [0.3, 0.4) is 0 Å². The molecule has 0 N–H and O–H groups in total. The van der Waals surface area contributed by atoms with E-state index in [0.29, 0.717) is 5.75 Å². The Morgan fingerprint density at radius 1 is 0.944 bits per heavy atom. The Morgan fingerprint density at radius 2 is 1.56 bits per heavy atom. The zero-order valence-electron chi connectivity index (χ0n) is 9.62. The van der Waals surface area contributed by atoms with Crippen LogP contribution in [-0.4, -0.2) is 34.2 Å². The van der Waals surface area contributed by atoms with Gasteiger partial charge in [0, 0.05) is 10.7 Å². The Morgan fingerprint density at radius 3 is 2.11 bits per heavy atom. The summed E-state index contributed by atoms with van der Waals surface area (Å²) < 4.78 is 16.0. The van der Waals surface area contributed by atoms with Gasteiger partial charge in [0.05, 0.1) is 20.4 Å². The Labute approximate surface area is 111 Å². The molecule has 2 rings (SSSR count). The molecule has 0 radical (unpaired) electrons. The van der Waals surface area contributed by atoms with E-state index in [1.807, 2.05) is 0 Å². The highest BCUT2D eigenvalue weighted by Gasteiger charge is 2.09. The molecule has 0 atom stereocenters. The summed E-state index contributed by atoms with van der Waals surface area (Å²) in [5.74, 6) is 0.486. The summed E-state index contributed by atoms with van der Waals surface area (Å²) in [5.41, 5.74) is 0. The third-order valence-electron chi connectivity index (χ3n) is 1.83. The highest BCUT2D eigenvalue weighted by Crippen LogP contribution is 2.22. The summed E-state index contributed by atoms with van der Waals surface area (Å²) >= 11 is 3.29. The number of methoxy groups -OCH3 is 2. The second kappa shape index (κ2) is 5.58. The van der Waals surface area contributed by atoms with Crippen molar-refractivity contribution < 1.29 is 14.2 Å². The van der Waals surface area contributed by atoms with Crippen LogP contribution in [0.4, 0.5) is 0 Å². The van der Waals surface area contributed by atoms with E-state index in [4.69, 9.17) is 14.2 Å². The molecule has 2 heterocycles. The number of halogens is 1. The fraction of sp³-hybridized carbons (Fsp3) is 0.200. The van der Waals surface area contributed by atoms with Crippen molar-refractivity contribution in [1.82, 2.24) is 19.9 Å². The van der Waals surface area contributed by atoms with Crippen LogP contribution >= 0.6 is 15.9 Å². The van der Waals surface area contributed by atoms with Crippen molar-refractivity contribution in [1.29, 1.82) is 0 Å². The average molecular weight is 313 g/mol. The molecule has 2 aromatic heterocycles. The summed E-state index contributed by atoms with van der Waals surface area (Å²) in [5, 5.41) is 0. The molecule has 0 saturated carbocycles. The molecule has 0 saturated heterocycles. The van der Waals surface area contributed by atoms with Crippen LogP contribution in [0, 0.1) is 0 Å². The van der Waals surface area contributed by atoms with E-state index in [-0.39, 0.29) is 18.0 Å². The Bertz CT molecular complexity index is 530. The summed E-state index contributed by atoms with van der Waals surface area (Å²) in [6, 6.07) is 2.02. The van der Waals surface area contributed by atoms with Gasteiger partial charge in [0.15, 0.2) is 5.75 Å². The highest BCUT2D eigenvalue weighted by atomic mass is 79.9. The standard InChI is InChI=1S/C10H9BrN4O3/c1-16-8-13-9(17-2)15-10(14-8)18-7-3-6(11)4-12-5-7/h3-5H,1-2H3. The predicted octanol–water partition coefficient (Wildman–Crippen LogP) is 1.84. The van der Waals surface area contributed by atoms with Gasteiger partial charge in [-0.25, -0.2) is 0 Å². The van der Waals surface area contributed by atoms with Crippen molar-refractivity contribution in [3.8, 4) is 23.8 Å². The number of nitrogens with zero attached hydrogens (tertiary/aromatic N) is 4. The molecule has 0 aliphatic carbocycles. The minimum atomic E-state index is 0.0681. The maximum Gasteiger partial charge on any atom is 0.331 e. The van der Waals surface area contributed by atoms with Gasteiger partial charge >= 0.3 is 18.0 Å². The minimum absolute atomic E-state index is 0.0681. The maximum absolute atomic E-state index is 5.43. The van der Waals surface area contributed by atoms with Crippen LogP contribution in [0.25, 0.3) is 0 Å². The van der Waals surface area contributed by atoms with E-state index in [1.165, 1.54) is 20.4 Å². The van der Waals surface area contributed by atoms with Gasteiger partial charge in [0.2, 0.25) is 0 Å². The van der Waals surface area contributed by atoms with E-state index >= 15 is 0 Å². The van der Waals surface area contributed by atoms with Crippen LogP contribution in [0.2, 0.25) is 0 Å². The molecule has 7 nitrogen and oxygen atoms in total. The quantitative estimate of drug-likeness (QED) is 0.852. The molecular weight excluding hydrogens is 304 g/mol. The van der Waals surface area contributed by atoms with E-state index in [9.17, 15) is 0 Å². The van der Waals surface area contributed by atoms with Crippen molar-refractivity contribution in [3.05, 3.63) is 22.9 Å². The van der Waals surface area contributed by atoms with Crippen LogP contribution < -0.4 is 14.2 Å². The molecule has 18 heavy (non-hydrogen) atoms. The van der Waals surface area contributed by atoms with E-state index in [1.54, 1.807) is 12.3 Å². The van der Waals surface area contributed by atoms with Crippen molar-refractivity contribution in [2.24, 2.45) is 0 Å². The lowest BCUT2D eigenvalue weighted by Crippen LogP contribution is -2.01. The second-order valence-corrected chi connectivity index (χ2v) is 3.95. The van der Waals surface area contributed by atoms with Crippen molar-refractivity contribution in [3.63, 3.8) is 0 Å². The van der Waals surface area contributed by atoms with Gasteiger partial charge < -0.3 is 14.2 Å². The first kappa shape index (κ1) is 12.5. The van der Waals surface area contributed by atoms with Gasteiger partial charge in [0.1, 0.15) is 0 Å². The Kier molecular flexibility index (Phi) is 3.88. The molecule has 0 spiro atoms. The van der Waals surface area contributed by atoms with E-state index < -0.39 is 0 Å². The van der Waals surface area contributed by atoms with Crippen molar-refractivity contribution >= 4 is 15.9 Å². The molecule has 0 bridgehead atoms. The summed E-state index contributed by atoms with van der Waals surface area (Å²) in [6.45, 7) is 0. The number of ether oxygens (including phenoxy) is 3. The molecule has 94 valence electrons. The number of hydrogen-bond donors (Lipinski definition) is 0. The minimum Gasteiger partial charge on any atom is -0.467 e. The molecule has 0 amide bonds. The molecule has 0 aromatic carbocycles. The molecule has 0 aliphatic heterocycles. The van der Waals surface area contributed by atoms with Crippen LogP contribution in [0.5, 0.6) is 23.8 Å². The molecular formula is C10H9BrN4O3. The van der Waals surface area contributed by atoms with E-state index in [2.05, 4.69) is 35.9 Å². The van der Waals surface area contributed by atoms with Crippen LogP contribution in [0.15, 0.2) is 22.9 Å². The zero-order valence-corrected chi connectivity index (χ0v) is 11.2. The number of pyridine rings is 1. The normalized spacial score (nSPS) is 9.94. The van der Waals surface area contributed by atoms with Crippen LogP contribution in [0.1, 0.15) is 0 Å². The summed E-state index contributed by atoms with van der Waals surface area (Å²) in [6.07, 6.45) is 3.18. The fourth-order valence-corrected chi connectivity index (χ4v) is 1.45. The molecule has 2 aromatic rings. The number of aromatic nitrogens is 4. The lowest BCUT2D eigenvalue weighted by atomic mass is 10.5. The van der Waals surface area contributed by atoms with Crippen molar-refractivity contribution in [2.45, 2.75) is 0 Å². The largest absolute Gasteiger partial charge is 0.467 e. The van der Waals surface area contributed by atoms with Gasteiger partial charge in [-0.15, -0.1) is 15.0 Å². The van der Waals surface area contributed by atoms with Gasteiger partial charge in [0.25, 0.3) is 0 Å². The first-order chi connectivity index (χ1) is 8.71. The lowest BCUT2D eigenvalue weighted by Gasteiger charge is -2.06. The first-order valence-corrected chi connectivity index (χ1v) is 5.63. The van der Waals surface area contributed by atoms with Crippen molar-refractivity contribution in [2.75, 3.05) is 14.2 Å². The molecule has 0 fully saturated rings. The van der Waals surface area contributed by atoms with Gasteiger partial charge in [-0.3, -0.25) is 4.98 Å². The fourth-order valence-electron chi connectivity index (χ4n) is 1.10. The van der Waals surface area contributed by atoms with E-state index in [0.717, 1.165) is 4.47 Å². The third kappa shape index (κ3) is 3.04. The Hall–Kier alpha value is -1.96. The number of hydrogen-bond acceptors (Lipinski definition) is 7. The van der Waals surface area contributed by atoms with Gasteiger partial charge in [-0.2, -0.15) is 0 Å². The molecule has 0 unspecified atom stereocenters. The summed E-state index contributed by atoms with van der Waals surface area (Å²) in [4.78, 5) is 15.7. The smallest absolute Gasteiger partial charge is 0.331 e. The SMILES string of the molecule is COc1nc(OC)nc(Oc2cncc(Br)c2)n1. The zero-order chi connectivity index (χ0) is 13.0. The number of rotatable bonds is 4. The molecule has 0 aliphatic rings. The maximum atomic E-state index is 5.43. The third-order valence-corrected chi connectivity index (χ3v) is 2.26. The predicted molar refractivity (Wildman–Crippen MR) is 64.9 cm³/mol. The lowest BCUT2D eigenvalue weighted by molar-refractivity contribution is 0.320. The second-order valence-electron chi connectivity index (χ2n) is 3.03. The first-order valence-electron chi connectivity index (χ1n) is 4.83. The van der Waals surface area contributed by atoms with Crippen LogP contribution in [-0.2, 0) is 0 Å². The monoisotopic (exact) mass is 312 g/mol.